The van der Waals surface area contributed by atoms with Crippen LogP contribution in [0.4, 0.5) is 5.13 Å². The first-order valence-corrected chi connectivity index (χ1v) is 5.20. The minimum atomic E-state index is -0.260. The number of aromatic nitrogens is 1. The van der Waals surface area contributed by atoms with Crippen molar-refractivity contribution in [2.24, 2.45) is 0 Å². The third-order valence-corrected chi connectivity index (χ3v) is 2.78. The van der Waals surface area contributed by atoms with Crippen molar-refractivity contribution in [2.75, 3.05) is 18.8 Å². The first-order valence-electron chi connectivity index (χ1n) is 4.38. The van der Waals surface area contributed by atoms with Gasteiger partial charge in [0.25, 0.3) is 0 Å². The Morgan fingerprint density at radius 2 is 2.13 bits per heavy atom. The van der Waals surface area contributed by atoms with Gasteiger partial charge in [-0.15, -0.1) is 11.3 Å². The summed E-state index contributed by atoms with van der Waals surface area (Å²) in [6, 6.07) is 0. The number of amides is 2. The number of nitrogens with two attached hydrogens (primary N) is 1. The Kier molecular flexibility index (Phi) is 2.65. The molecular formula is C8H10N4O2S. The van der Waals surface area contributed by atoms with E-state index in [9.17, 15) is 9.59 Å². The number of hydrogen-bond acceptors (Lipinski definition) is 6. The summed E-state index contributed by atoms with van der Waals surface area (Å²) in [5.41, 5.74) is 5.48. The van der Waals surface area contributed by atoms with Gasteiger partial charge in [-0.05, 0) is 0 Å². The molecule has 6 nitrogen and oxygen atoms in total. The van der Waals surface area contributed by atoms with Crippen LogP contribution in [0.25, 0.3) is 0 Å². The predicted molar refractivity (Wildman–Crippen MR) is 55.0 cm³/mol. The van der Waals surface area contributed by atoms with Crippen molar-refractivity contribution in [3.63, 3.8) is 0 Å². The molecule has 2 rings (SSSR count). The Hall–Kier alpha value is -1.47. The highest BCUT2D eigenvalue weighted by Crippen LogP contribution is 2.16. The molecule has 0 radical (unpaired) electrons. The topological polar surface area (TPSA) is 88.3 Å². The van der Waals surface area contributed by atoms with E-state index in [1.807, 2.05) is 0 Å². The van der Waals surface area contributed by atoms with Crippen LogP contribution in [0.5, 0.6) is 0 Å². The van der Waals surface area contributed by atoms with Crippen molar-refractivity contribution < 1.29 is 9.59 Å². The summed E-state index contributed by atoms with van der Waals surface area (Å²) < 4.78 is 0. The largest absolute Gasteiger partial charge is 0.375 e. The number of carbonyl (C=O) groups is 2. The van der Waals surface area contributed by atoms with Gasteiger partial charge in [0, 0.05) is 17.6 Å². The van der Waals surface area contributed by atoms with E-state index in [1.165, 1.54) is 11.3 Å². The number of rotatable bonds is 2. The predicted octanol–water partition coefficient (Wildman–Crippen LogP) is -0.816. The molecule has 1 aliphatic rings. The molecule has 2 amide bonds. The Morgan fingerprint density at radius 3 is 2.67 bits per heavy atom. The van der Waals surface area contributed by atoms with E-state index >= 15 is 0 Å². The van der Waals surface area contributed by atoms with Crippen LogP contribution in [-0.2, 0) is 16.1 Å². The normalized spacial score (nSPS) is 17.9. The number of imide groups is 1. The van der Waals surface area contributed by atoms with E-state index in [2.05, 4.69) is 10.3 Å². The summed E-state index contributed by atoms with van der Waals surface area (Å²) in [5.74, 6) is -0.521. The number of nitrogen functional groups attached to an aromatic ring is 1. The molecule has 0 atom stereocenters. The number of thiazole rings is 1. The number of piperazine rings is 1. The molecule has 0 aromatic carbocycles. The smallest absolute Gasteiger partial charge is 0.240 e. The van der Waals surface area contributed by atoms with Gasteiger partial charge in [-0.2, -0.15) is 0 Å². The Bertz CT molecular complexity index is 387. The number of nitrogens with one attached hydrogen (secondary N) is 1. The zero-order chi connectivity index (χ0) is 10.8. The zero-order valence-corrected chi connectivity index (χ0v) is 8.71. The van der Waals surface area contributed by atoms with E-state index < -0.39 is 0 Å². The van der Waals surface area contributed by atoms with Gasteiger partial charge in [-0.3, -0.25) is 19.8 Å². The van der Waals surface area contributed by atoms with Crippen LogP contribution in [0.2, 0.25) is 0 Å². The maximum Gasteiger partial charge on any atom is 0.240 e. The van der Waals surface area contributed by atoms with E-state index in [-0.39, 0.29) is 24.9 Å². The minimum absolute atomic E-state index is 0.240. The second kappa shape index (κ2) is 3.95. The Labute approximate surface area is 90.1 Å². The van der Waals surface area contributed by atoms with Gasteiger partial charge in [0.05, 0.1) is 13.1 Å². The molecule has 0 saturated carbocycles. The fraction of sp³-hybridized carbons (Fsp3) is 0.375. The minimum Gasteiger partial charge on any atom is -0.375 e. The van der Waals surface area contributed by atoms with Crippen molar-refractivity contribution in [1.82, 2.24) is 15.2 Å². The maximum absolute atomic E-state index is 11.1. The second-order valence-corrected chi connectivity index (χ2v) is 4.43. The van der Waals surface area contributed by atoms with Gasteiger partial charge in [-0.1, -0.05) is 0 Å². The molecule has 2 heterocycles. The lowest BCUT2D eigenvalue weighted by Crippen LogP contribution is -2.50. The van der Waals surface area contributed by atoms with Crippen LogP contribution in [0, 0.1) is 0 Å². The highest BCUT2D eigenvalue weighted by Gasteiger charge is 2.22. The first kappa shape index (κ1) is 10.1. The van der Waals surface area contributed by atoms with Crippen molar-refractivity contribution in [2.45, 2.75) is 6.54 Å². The average molecular weight is 226 g/mol. The number of nitrogens with zero attached hydrogens (tertiary/aromatic N) is 2. The zero-order valence-electron chi connectivity index (χ0n) is 7.90. The molecule has 1 aromatic heterocycles. The molecule has 3 N–H and O–H groups in total. The average Bonchev–Trinajstić information content (AvgIpc) is 2.49. The van der Waals surface area contributed by atoms with Gasteiger partial charge in [0.15, 0.2) is 5.13 Å². The lowest BCUT2D eigenvalue weighted by atomic mass is 10.3. The maximum atomic E-state index is 11.1. The molecule has 1 fully saturated rings. The molecule has 7 heteroatoms. The highest BCUT2D eigenvalue weighted by molar-refractivity contribution is 7.15. The van der Waals surface area contributed by atoms with Crippen LogP contribution < -0.4 is 11.1 Å². The van der Waals surface area contributed by atoms with Crippen LogP contribution in [0.15, 0.2) is 6.20 Å². The van der Waals surface area contributed by atoms with Crippen LogP contribution in [0.1, 0.15) is 4.88 Å². The van der Waals surface area contributed by atoms with Crippen molar-refractivity contribution in [3.05, 3.63) is 11.1 Å². The summed E-state index contributed by atoms with van der Waals surface area (Å²) in [4.78, 5) is 28.8. The van der Waals surface area contributed by atoms with Crippen molar-refractivity contribution in [3.8, 4) is 0 Å². The molecule has 80 valence electrons. The lowest BCUT2D eigenvalue weighted by molar-refractivity contribution is -0.136. The molecule has 0 bridgehead atoms. The SMILES string of the molecule is Nc1ncc(CN2CC(=O)NC(=O)C2)s1. The molecule has 0 unspecified atom stereocenters. The van der Waals surface area contributed by atoms with Gasteiger partial charge in [-0.25, -0.2) is 4.98 Å². The Balaban J connectivity index is 2.00. The highest BCUT2D eigenvalue weighted by atomic mass is 32.1. The molecular weight excluding hydrogens is 216 g/mol. The fourth-order valence-corrected chi connectivity index (χ4v) is 2.15. The Morgan fingerprint density at radius 1 is 1.47 bits per heavy atom. The quantitative estimate of drug-likeness (QED) is 0.643. The van der Waals surface area contributed by atoms with E-state index in [1.54, 1.807) is 11.1 Å². The van der Waals surface area contributed by atoms with Crippen LogP contribution >= 0.6 is 11.3 Å². The third-order valence-electron chi connectivity index (χ3n) is 1.96. The summed E-state index contributed by atoms with van der Waals surface area (Å²) in [5, 5.41) is 2.74. The fourth-order valence-electron chi connectivity index (χ4n) is 1.42. The van der Waals surface area contributed by atoms with Crippen LogP contribution in [-0.4, -0.2) is 34.8 Å². The lowest BCUT2D eigenvalue weighted by Gasteiger charge is -2.24. The van der Waals surface area contributed by atoms with Gasteiger partial charge in [0.2, 0.25) is 11.8 Å². The first-order chi connectivity index (χ1) is 7.13. The summed E-state index contributed by atoms with van der Waals surface area (Å²) >= 11 is 1.37. The van der Waals surface area contributed by atoms with E-state index in [4.69, 9.17) is 5.73 Å². The molecule has 15 heavy (non-hydrogen) atoms. The standard InChI is InChI=1S/C8H10N4O2S/c9-8-10-1-5(15-8)2-12-3-6(13)11-7(14)4-12/h1H,2-4H2,(H2,9,10)(H,11,13,14). The van der Waals surface area contributed by atoms with E-state index in [0.717, 1.165) is 4.88 Å². The second-order valence-electron chi connectivity index (χ2n) is 3.28. The van der Waals surface area contributed by atoms with Gasteiger partial charge in [0.1, 0.15) is 0 Å². The number of hydrogen-bond donors (Lipinski definition) is 2. The summed E-state index contributed by atoms with van der Waals surface area (Å²) in [6.07, 6.45) is 1.66. The molecule has 0 aliphatic carbocycles. The molecule has 0 spiro atoms. The molecule has 1 aliphatic heterocycles. The van der Waals surface area contributed by atoms with Crippen molar-refractivity contribution >= 4 is 28.3 Å². The van der Waals surface area contributed by atoms with Gasteiger partial charge >= 0.3 is 0 Å². The van der Waals surface area contributed by atoms with Crippen LogP contribution in [0.3, 0.4) is 0 Å². The summed E-state index contributed by atoms with van der Waals surface area (Å²) in [7, 11) is 0. The molecule has 1 aromatic rings. The number of anilines is 1. The summed E-state index contributed by atoms with van der Waals surface area (Å²) in [6.45, 7) is 1.01. The third kappa shape index (κ3) is 2.51. The van der Waals surface area contributed by atoms with E-state index in [0.29, 0.717) is 11.7 Å². The number of carbonyl (C=O) groups excluding carboxylic acids is 2. The molecule has 1 saturated heterocycles. The van der Waals surface area contributed by atoms with Crippen molar-refractivity contribution in [1.29, 1.82) is 0 Å². The van der Waals surface area contributed by atoms with Gasteiger partial charge < -0.3 is 5.73 Å². The monoisotopic (exact) mass is 226 g/mol.